The molecule has 0 spiro atoms. The molecule has 30 heavy (non-hydrogen) atoms. The molecule has 0 radical (unpaired) electrons. The molecule has 3 nitrogen and oxygen atoms in total. The van der Waals surface area contributed by atoms with Gasteiger partial charge in [-0.2, -0.15) is 0 Å². The van der Waals surface area contributed by atoms with Gasteiger partial charge in [-0.15, -0.1) is 0 Å². The zero-order valence-corrected chi connectivity index (χ0v) is 18.0. The van der Waals surface area contributed by atoms with Crippen LogP contribution in [0.1, 0.15) is 31.9 Å². The van der Waals surface area contributed by atoms with Crippen LogP contribution in [0.4, 0.5) is 0 Å². The van der Waals surface area contributed by atoms with Crippen molar-refractivity contribution in [3.63, 3.8) is 0 Å². The summed E-state index contributed by atoms with van der Waals surface area (Å²) in [7, 11) is 0. The van der Waals surface area contributed by atoms with E-state index in [2.05, 4.69) is 80.3 Å². The van der Waals surface area contributed by atoms with Crippen molar-refractivity contribution in [2.75, 3.05) is 13.1 Å². The van der Waals surface area contributed by atoms with Crippen LogP contribution in [-0.2, 0) is 13.0 Å². The summed E-state index contributed by atoms with van der Waals surface area (Å²) in [4.78, 5) is 7.73. The number of nitrogens with zero attached hydrogens (tertiary/aromatic N) is 2. The summed E-state index contributed by atoms with van der Waals surface area (Å²) < 4.78 is 5.97. The van der Waals surface area contributed by atoms with Crippen LogP contribution in [0.25, 0.3) is 32.9 Å². The minimum absolute atomic E-state index is 0.153. The lowest BCUT2D eigenvalue weighted by Crippen LogP contribution is -2.31. The van der Waals surface area contributed by atoms with Crippen molar-refractivity contribution in [2.45, 2.75) is 39.8 Å². The number of aromatic nitrogens is 1. The molecule has 5 rings (SSSR count). The van der Waals surface area contributed by atoms with Crippen LogP contribution in [0.3, 0.4) is 0 Å². The molecule has 0 saturated carbocycles. The Bertz CT molecular complexity index is 1230. The van der Waals surface area contributed by atoms with Crippen molar-refractivity contribution in [3.8, 4) is 17.0 Å². The SMILES string of the molecule is CCN1CCc2c(c(-c3cccc(OC(C)C)c3)nc3ccc4ccccc4c23)C1. The van der Waals surface area contributed by atoms with Crippen LogP contribution in [0.5, 0.6) is 5.75 Å². The molecule has 0 fully saturated rings. The number of hydrogen-bond donors (Lipinski definition) is 0. The van der Waals surface area contributed by atoms with E-state index < -0.39 is 0 Å². The van der Waals surface area contributed by atoms with Crippen molar-refractivity contribution in [1.29, 1.82) is 0 Å². The number of benzene rings is 3. The third-order valence-electron chi connectivity index (χ3n) is 6.08. The zero-order chi connectivity index (χ0) is 20.7. The molecule has 3 aromatic carbocycles. The van der Waals surface area contributed by atoms with Crippen LogP contribution in [0.2, 0.25) is 0 Å². The van der Waals surface area contributed by atoms with Gasteiger partial charge in [-0.05, 0) is 66.9 Å². The van der Waals surface area contributed by atoms with Crippen molar-refractivity contribution in [2.24, 2.45) is 0 Å². The standard InChI is InChI=1S/C27H28N2O/c1-4-29-15-14-23-24(17-29)27(20-9-7-10-21(16-20)30-18(2)3)28-25-13-12-19-8-5-6-11-22(19)26(23)25/h5-13,16,18H,4,14-15,17H2,1-3H3. The largest absolute Gasteiger partial charge is 0.491 e. The monoisotopic (exact) mass is 396 g/mol. The first kappa shape index (κ1) is 19.1. The van der Waals surface area contributed by atoms with Crippen molar-refractivity contribution in [1.82, 2.24) is 9.88 Å². The molecular weight excluding hydrogens is 368 g/mol. The first-order valence-corrected chi connectivity index (χ1v) is 11.0. The average Bonchev–Trinajstić information content (AvgIpc) is 2.77. The molecule has 0 atom stereocenters. The summed E-state index contributed by atoms with van der Waals surface area (Å²) in [6.07, 6.45) is 1.21. The number of likely N-dealkylation sites (N-methyl/N-ethyl adjacent to an activating group) is 1. The predicted octanol–water partition coefficient (Wildman–Crippen LogP) is 6.22. The zero-order valence-electron chi connectivity index (χ0n) is 18.0. The fourth-order valence-corrected chi connectivity index (χ4v) is 4.67. The normalized spacial score (nSPS) is 14.4. The number of rotatable bonds is 4. The molecule has 0 unspecified atom stereocenters. The number of ether oxygens (including phenoxy) is 1. The Morgan fingerprint density at radius 3 is 2.70 bits per heavy atom. The van der Waals surface area contributed by atoms with Gasteiger partial charge >= 0.3 is 0 Å². The third-order valence-corrected chi connectivity index (χ3v) is 6.08. The molecule has 0 amide bonds. The molecule has 4 aromatic rings. The summed E-state index contributed by atoms with van der Waals surface area (Å²) in [5, 5.41) is 3.93. The highest BCUT2D eigenvalue weighted by molar-refractivity contribution is 6.09. The molecule has 1 aliphatic rings. The van der Waals surface area contributed by atoms with Gasteiger partial charge in [0.15, 0.2) is 0 Å². The molecule has 3 heteroatoms. The van der Waals surface area contributed by atoms with E-state index in [9.17, 15) is 0 Å². The van der Waals surface area contributed by atoms with Crippen molar-refractivity contribution >= 4 is 21.7 Å². The Morgan fingerprint density at radius 2 is 1.87 bits per heavy atom. The third kappa shape index (κ3) is 3.33. The second-order valence-electron chi connectivity index (χ2n) is 8.41. The van der Waals surface area contributed by atoms with E-state index in [-0.39, 0.29) is 6.10 Å². The molecule has 2 heterocycles. The molecule has 0 aliphatic carbocycles. The fourth-order valence-electron chi connectivity index (χ4n) is 4.67. The smallest absolute Gasteiger partial charge is 0.120 e. The van der Waals surface area contributed by atoms with Gasteiger partial charge in [0.1, 0.15) is 5.75 Å². The lowest BCUT2D eigenvalue weighted by atomic mass is 9.89. The first-order valence-electron chi connectivity index (χ1n) is 11.0. The topological polar surface area (TPSA) is 25.4 Å². The molecule has 0 N–H and O–H groups in total. The van der Waals surface area contributed by atoms with E-state index in [0.29, 0.717) is 0 Å². The molecule has 1 aromatic heterocycles. The van der Waals surface area contributed by atoms with Gasteiger partial charge in [-0.25, -0.2) is 4.98 Å². The van der Waals surface area contributed by atoms with Gasteiger partial charge in [0.25, 0.3) is 0 Å². The van der Waals surface area contributed by atoms with Crippen LogP contribution >= 0.6 is 0 Å². The highest BCUT2D eigenvalue weighted by Gasteiger charge is 2.24. The Morgan fingerprint density at radius 1 is 1.00 bits per heavy atom. The van der Waals surface area contributed by atoms with Gasteiger partial charge in [0.2, 0.25) is 0 Å². The Kier molecular flexibility index (Phi) is 4.92. The quantitative estimate of drug-likeness (QED) is 0.383. The Hall–Kier alpha value is -2.91. The molecule has 152 valence electrons. The summed E-state index contributed by atoms with van der Waals surface area (Å²) in [5.74, 6) is 0.903. The summed E-state index contributed by atoms with van der Waals surface area (Å²) in [6.45, 7) is 9.47. The second-order valence-corrected chi connectivity index (χ2v) is 8.41. The number of hydrogen-bond acceptors (Lipinski definition) is 3. The summed E-state index contributed by atoms with van der Waals surface area (Å²) >= 11 is 0. The highest BCUT2D eigenvalue weighted by Crippen LogP contribution is 2.38. The molecule has 0 bridgehead atoms. The molecular formula is C27H28N2O. The fraction of sp³-hybridized carbons (Fsp3) is 0.296. The van der Waals surface area contributed by atoms with Crippen molar-refractivity contribution in [3.05, 3.63) is 71.8 Å². The lowest BCUT2D eigenvalue weighted by Gasteiger charge is -2.30. The predicted molar refractivity (Wildman–Crippen MR) is 125 cm³/mol. The van der Waals surface area contributed by atoms with E-state index >= 15 is 0 Å². The van der Waals surface area contributed by atoms with E-state index in [1.54, 1.807) is 0 Å². The summed E-state index contributed by atoms with van der Waals surface area (Å²) in [6, 6.07) is 21.5. The summed E-state index contributed by atoms with van der Waals surface area (Å²) in [5.41, 5.74) is 6.15. The lowest BCUT2D eigenvalue weighted by molar-refractivity contribution is 0.242. The minimum atomic E-state index is 0.153. The van der Waals surface area contributed by atoms with E-state index in [4.69, 9.17) is 9.72 Å². The number of pyridine rings is 1. The average molecular weight is 397 g/mol. The van der Waals surface area contributed by atoms with E-state index in [1.807, 2.05) is 6.07 Å². The molecule has 1 aliphatic heterocycles. The van der Waals surface area contributed by atoms with E-state index in [0.717, 1.165) is 48.6 Å². The van der Waals surface area contributed by atoms with Crippen LogP contribution < -0.4 is 4.74 Å². The second kappa shape index (κ2) is 7.73. The number of fused-ring (bicyclic) bond motifs is 5. The Labute approximate surface area is 178 Å². The maximum Gasteiger partial charge on any atom is 0.120 e. The first-order chi connectivity index (χ1) is 14.6. The maximum absolute atomic E-state index is 5.97. The Balaban J connectivity index is 1.78. The highest BCUT2D eigenvalue weighted by atomic mass is 16.5. The van der Waals surface area contributed by atoms with Gasteiger partial charge in [-0.3, -0.25) is 4.90 Å². The van der Waals surface area contributed by atoms with Gasteiger partial charge < -0.3 is 4.74 Å². The maximum atomic E-state index is 5.97. The van der Waals surface area contributed by atoms with Gasteiger partial charge in [0.05, 0.1) is 17.3 Å². The van der Waals surface area contributed by atoms with E-state index in [1.165, 1.54) is 27.3 Å². The molecule has 0 saturated heterocycles. The van der Waals surface area contributed by atoms with Crippen molar-refractivity contribution < 1.29 is 4.74 Å². The minimum Gasteiger partial charge on any atom is -0.491 e. The van der Waals surface area contributed by atoms with Gasteiger partial charge in [0, 0.05) is 24.0 Å². The van der Waals surface area contributed by atoms with Crippen LogP contribution in [0, 0.1) is 0 Å². The van der Waals surface area contributed by atoms with Crippen LogP contribution in [-0.4, -0.2) is 29.1 Å². The van der Waals surface area contributed by atoms with Crippen LogP contribution in [0.15, 0.2) is 60.7 Å². The van der Waals surface area contributed by atoms with Gasteiger partial charge in [-0.1, -0.05) is 49.4 Å².